The molecule has 158 valence electrons. The largest absolute Gasteiger partial charge is 0.497 e. The number of pyridine rings is 1. The first kappa shape index (κ1) is 21.1. The van der Waals surface area contributed by atoms with Gasteiger partial charge in [0.05, 0.1) is 31.0 Å². The van der Waals surface area contributed by atoms with Crippen LogP contribution in [0.1, 0.15) is 21.5 Å². The van der Waals surface area contributed by atoms with Gasteiger partial charge < -0.3 is 9.47 Å². The Morgan fingerprint density at radius 1 is 1.06 bits per heavy atom. The van der Waals surface area contributed by atoms with Crippen LogP contribution in [0, 0.1) is 6.92 Å². The Bertz CT molecular complexity index is 1220. The zero-order valence-electron chi connectivity index (χ0n) is 17.3. The molecule has 1 amide bonds. The summed E-state index contributed by atoms with van der Waals surface area (Å²) < 4.78 is 11.6. The Balaban J connectivity index is 1.82. The van der Waals surface area contributed by atoms with Gasteiger partial charge in [0.1, 0.15) is 11.5 Å². The molecule has 0 N–H and O–H groups in total. The minimum Gasteiger partial charge on any atom is -0.497 e. The van der Waals surface area contributed by atoms with Crippen molar-refractivity contribution in [2.75, 3.05) is 19.1 Å². The van der Waals surface area contributed by atoms with E-state index in [1.165, 1.54) is 11.3 Å². The second-order valence-electron chi connectivity index (χ2n) is 6.91. The molecule has 8 heteroatoms. The quantitative estimate of drug-likeness (QED) is 0.384. The summed E-state index contributed by atoms with van der Waals surface area (Å²) in [6, 6.07) is 12.6. The van der Waals surface area contributed by atoms with E-state index in [1.54, 1.807) is 49.7 Å². The fourth-order valence-electron chi connectivity index (χ4n) is 3.24. The van der Waals surface area contributed by atoms with Crippen molar-refractivity contribution in [3.8, 4) is 11.5 Å². The topological polar surface area (TPSA) is 64.6 Å². The maximum Gasteiger partial charge on any atom is 0.260 e. The lowest BCUT2D eigenvalue weighted by molar-refractivity contribution is 0.0984. The maximum atomic E-state index is 13.7. The smallest absolute Gasteiger partial charge is 0.260 e. The van der Waals surface area contributed by atoms with Crippen LogP contribution in [-0.2, 0) is 6.54 Å². The summed E-state index contributed by atoms with van der Waals surface area (Å²) in [6.45, 7) is 2.30. The van der Waals surface area contributed by atoms with Crippen LogP contribution < -0.4 is 14.4 Å². The Kier molecular flexibility index (Phi) is 6.06. The van der Waals surface area contributed by atoms with E-state index in [4.69, 9.17) is 26.1 Å². The van der Waals surface area contributed by atoms with E-state index in [1.807, 2.05) is 31.2 Å². The van der Waals surface area contributed by atoms with Gasteiger partial charge >= 0.3 is 0 Å². The van der Waals surface area contributed by atoms with Crippen molar-refractivity contribution in [2.24, 2.45) is 0 Å². The third-order valence-electron chi connectivity index (χ3n) is 4.80. The molecule has 0 atom stereocenters. The lowest BCUT2D eigenvalue weighted by Gasteiger charge is -2.20. The normalized spacial score (nSPS) is 10.8. The molecular weight excluding hydrogens is 434 g/mol. The average molecular weight is 454 g/mol. The summed E-state index contributed by atoms with van der Waals surface area (Å²) in [5, 5.41) is 1.23. The number of carbonyl (C=O) groups is 1. The third-order valence-corrected chi connectivity index (χ3v) is 6.05. The molecule has 2 aromatic carbocycles. The van der Waals surface area contributed by atoms with E-state index in [-0.39, 0.29) is 5.91 Å². The maximum absolute atomic E-state index is 13.7. The first-order valence-electron chi connectivity index (χ1n) is 9.49. The van der Waals surface area contributed by atoms with Crippen LogP contribution in [-0.4, -0.2) is 30.1 Å². The molecule has 4 rings (SSSR count). The van der Waals surface area contributed by atoms with Gasteiger partial charge in [-0.15, -0.1) is 0 Å². The summed E-state index contributed by atoms with van der Waals surface area (Å²) in [6.07, 6.45) is 3.41. The number of rotatable bonds is 6. The van der Waals surface area contributed by atoms with Crippen molar-refractivity contribution in [3.05, 3.63) is 76.6 Å². The minimum absolute atomic E-state index is 0.211. The van der Waals surface area contributed by atoms with Gasteiger partial charge in [-0.25, -0.2) is 4.98 Å². The molecule has 6 nitrogen and oxygen atoms in total. The molecular formula is C23H20ClN3O3S. The van der Waals surface area contributed by atoms with E-state index in [2.05, 4.69) is 4.98 Å². The molecule has 0 unspecified atom stereocenters. The van der Waals surface area contributed by atoms with Crippen LogP contribution >= 0.6 is 22.9 Å². The molecule has 0 saturated carbocycles. The Labute approximate surface area is 189 Å². The van der Waals surface area contributed by atoms with Crippen molar-refractivity contribution in [3.63, 3.8) is 0 Å². The Morgan fingerprint density at radius 3 is 2.39 bits per heavy atom. The van der Waals surface area contributed by atoms with E-state index in [0.717, 1.165) is 21.3 Å². The third kappa shape index (κ3) is 4.47. The minimum atomic E-state index is -0.211. The number of hydrogen-bond donors (Lipinski definition) is 0. The van der Waals surface area contributed by atoms with E-state index in [0.29, 0.717) is 33.8 Å². The zero-order chi connectivity index (χ0) is 22.0. The van der Waals surface area contributed by atoms with Gasteiger partial charge in [0, 0.05) is 29.0 Å². The standard InChI is InChI=1S/C23H20ClN3O3S/c1-14-8-17(24)11-20-21(14)26-23(31-20)27(13-15-4-6-25-7-5-15)22(28)16-9-18(29-2)12-19(10-16)30-3/h4-12H,13H2,1-3H3. The number of fused-ring (bicyclic) bond motifs is 1. The van der Waals surface area contributed by atoms with Crippen molar-refractivity contribution < 1.29 is 14.3 Å². The van der Waals surface area contributed by atoms with Crippen LogP contribution in [0.3, 0.4) is 0 Å². The number of anilines is 1. The van der Waals surface area contributed by atoms with Gasteiger partial charge in [-0.3, -0.25) is 14.7 Å². The Hall–Kier alpha value is -3.16. The van der Waals surface area contributed by atoms with Crippen LogP contribution in [0.25, 0.3) is 10.2 Å². The summed E-state index contributed by atoms with van der Waals surface area (Å²) in [5.41, 5.74) is 3.18. The zero-order valence-corrected chi connectivity index (χ0v) is 18.8. The summed E-state index contributed by atoms with van der Waals surface area (Å²) in [5.74, 6) is 0.869. The number of aryl methyl sites for hydroxylation is 1. The molecule has 0 aliphatic heterocycles. The lowest BCUT2D eigenvalue weighted by atomic mass is 10.1. The molecule has 0 aliphatic carbocycles. The fraction of sp³-hybridized carbons (Fsp3) is 0.174. The van der Waals surface area contributed by atoms with Crippen LogP contribution in [0.5, 0.6) is 11.5 Å². The van der Waals surface area contributed by atoms with Crippen LogP contribution in [0.15, 0.2) is 54.9 Å². The van der Waals surface area contributed by atoms with Gasteiger partial charge in [-0.1, -0.05) is 22.9 Å². The van der Waals surface area contributed by atoms with Gasteiger partial charge in [0.15, 0.2) is 5.13 Å². The number of nitrogens with zero attached hydrogens (tertiary/aromatic N) is 3. The molecule has 0 aliphatic rings. The Morgan fingerprint density at radius 2 is 1.74 bits per heavy atom. The molecule has 2 heterocycles. The average Bonchev–Trinajstić information content (AvgIpc) is 3.21. The molecule has 31 heavy (non-hydrogen) atoms. The van der Waals surface area contributed by atoms with Crippen molar-refractivity contribution >= 4 is 44.2 Å². The number of hydrogen-bond acceptors (Lipinski definition) is 6. The van der Waals surface area contributed by atoms with E-state index < -0.39 is 0 Å². The lowest BCUT2D eigenvalue weighted by Crippen LogP contribution is -2.30. The molecule has 4 aromatic rings. The number of thiazole rings is 1. The molecule has 0 fully saturated rings. The highest BCUT2D eigenvalue weighted by atomic mass is 35.5. The molecule has 0 saturated heterocycles. The van der Waals surface area contributed by atoms with Gasteiger partial charge in [-0.05, 0) is 54.4 Å². The number of aromatic nitrogens is 2. The van der Waals surface area contributed by atoms with Gasteiger partial charge in [-0.2, -0.15) is 0 Å². The van der Waals surface area contributed by atoms with Gasteiger partial charge in [0.2, 0.25) is 0 Å². The second kappa shape index (κ2) is 8.91. The molecule has 0 bridgehead atoms. The van der Waals surface area contributed by atoms with Gasteiger partial charge in [0.25, 0.3) is 5.91 Å². The monoisotopic (exact) mass is 453 g/mol. The molecule has 0 radical (unpaired) electrons. The highest BCUT2D eigenvalue weighted by molar-refractivity contribution is 7.22. The number of methoxy groups -OCH3 is 2. The fourth-order valence-corrected chi connectivity index (χ4v) is 4.66. The SMILES string of the molecule is COc1cc(OC)cc(C(=O)N(Cc2ccncc2)c2nc3c(C)cc(Cl)cc3s2)c1. The highest BCUT2D eigenvalue weighted by Crippen LogP contribution is 2.35. The van der Waals surface area contributed by atoms with Crippen molar-refractivity contribution in [2.45, 2.75) is 13.5 Å². The summed E-state index contributed by atoms with van der Waals surface area (Å²) in [7, 11) is 3.11. The highest BCUT2D eigenvalue weighted by Gasteiger charge is 2.23. The number of halogens is 1. The number of benzene rings is 2. The van der Waals surface area contributed by atoms with Crippen molar-refractivity contribution in [1.82, 2.24) is 9.97 Å². The predicted molar refractivity (Wildman–Crippen MR) is 124 cm³/mol. The molecule has 0 spiro atoms. The first-order valence-corrected chi connectivity index (χ1v) is 10.7. The number of amides is 1. The number of carbonyl (C=O) groups excluding carboxylic acids is 1. The summed E-state index contributed by atoms with van der Waals surface area (Å²) in [4.78, 5) is 24.1. The summed E-state index contributed by atoms with van der Waals surface area (Å²) >= 11 is 7.66. The van der Waals surface area contributed by atoms with E-state index >= 15 is 0 Å². The predicted octanol–water partition coefficient (Wildman–Crippen LogP) is 5.52. The second-order valence-corrected chi connectivity index (χ2v) is 8.36. The van der Waals surface area contributed by atoms with Crippen LogP contribution in [0.2, 0.25) is 5.02 Å². The van der Waals surface area contributed by atoms with Crippen molar-refractivity contribution in [1.29, 1.82) is 0 Å². The van der Waals surface area contributed by atoms with E-state index in [9.17, 15) is 4.79 Å². The molecule has 2 aromatic heterocycles. The van der Waals surface area contributed by atoms with Crippen LogP contribution in [0.4, 0.5) is 5.13 Å². The first-order chi connectivity index (χ1) is 15.0. The number of ether oxygens (including phenoxy) is 2.